The zero-order valence-corrected chi connectivity index (χ0v) is 13.6. The average molecular weight is 278 g/mol. The van der Waals surface area contributed by atoms with Crippen LogP contribution < -0.4 is 5.32 Å². The second-order valence-electron chi connectivity index (χ2n) is 6.95. The van der Waals surface area contributed by atoms with Crippen LogP contribution in [0.3, 0.4) is 0 Å². The highest BCUT2D eigenvalue weighted by Gasteiger charge is 2.41. The van der Waals surface area contributed by atoms with Crippen molar-refractivity contribution in [1.82, 2.24) is 5.32 Å². The SMILES string of the molecule is CCCC(C#N)(CCC)C(=O)NC1CCCCC1(C)C. The number of carbonyl (C=O) groups is 1. The molecule has 0 bridgehead atoms. The van der Waals surface area contributed by atoms with Crippen molar-refractivity contribution in [3.05, 3.63) is 0 Å². The number of nitrogens with zero attached hydrogens (tertiary/aromatic N) is 1. The Morgan fingerprint density at radius 1 is 1.30 bits per heavy atom. The van der Waals surface area contributed by atoms with Gasteiger partial charge in [0.1, 0.15) is 5.41 Å². The molecule has 0 aromatic carbocycles. The standard InChI is InChI=1S/C17H30N2O/c1-5-10-17(13-18,11-6-2)15(20)19-14-9-7-8-12-16(14,3)4/h14H,5-12H2,1-4H3,(H,19,20). The molecule has 1 atom stereocenters. The predicted octanol–water partition coefficient (Wildman–Crippen LogP) is 4.18. The fourth-order valence-corrected chi connectivity index (χ4v) is 3.43. The van der Waals surface area contributed by atoms with Gasteiger partial charge >= 0.3 is 0 Å². The minimum absolute atomic E-state index is 0.0383. The molecule has 0 aliphatic heterocycles. The highest BCUT2D eigenvalue weighted by atomic mass is 16.2. The van der Waals surface area contributed by atoms with Gasteiger partial charge < -0.3 is 5.32 Å². The molecule has 1 aliphatic rings. The molecule has 114 valence electrons. The minimum Gasteiger partial charge on any atom is -0.351 e. The minimum atomic E-state index is -0.822. The normalized spacial score (nSPS) is 22.1. The molecule has 3 heteroatoms. The van der Waals surface area contributed by atoms with E-state index in [0.717, 1.165) is 25.7 Å². The van der Waals surface area contributed by atoms with Crippen LogP contribution in [0.4, 0.5) is 0 Å². The summed E-state index contributed by atoms with van der Waals surface area (Å²) in [5, 5.41) is 12.8. The van der Waals surface area contributed by atoms with Crippen molar-refractivity contribution in [2.75, 3.05) is 0 Å². The van der Waals surface area contributed by atoms with Crippen LogP contribution in [-0.4, -0.2) is 11.9 Å². The topological polar surface area (TPSA) is 52.9 Å². The number of amides is 1. The van der Waals surface area contributed by atoms with Gasteiger partial charge in [0.05, 0.1) is 6.07 Å². The number of hydrogen-bond acceptors (Lipinski definition) is 2. The third kappa shape index (κ3) is 3.75. The lowest BCUT2D eigenvalue weighted by Crippen LogP contribution is -2.51. The first-order valence-electron chi connectivity index (χ1n) is 8.14. The molecular formula is C17H30N2O. The van der Waals surface area contributed by atoms with Crippen LogP contribution in [0.25, 0.3) is 0 Å². The maximum absolute atomic E-state index is 12.7. The van der Waals surface area contributed by atoms with E-state index in [1.54, 1.807) is 0 Å². The third-order valence-electron chi connectivity index (χ3n) is 4.81. The molecule has 1 amide bonds. The second-order valence-corrected chi connectivity index (χ2v) is 6.95. The summed E-state index contributed by atoms with van der Waals surface area (Å²) in [5.41, 5.74) is -0.676. The summed E-state index contributed by atoms with van der Waals surface area (Å²) in [4.78, 5) is 12.7. The number of nitrogens with one attached hydrogen (secondary N) is 1. The Kier molecular flexibility index (Phi) is 6.05. The summed E-state index contributed by atoms with van der Waals surface area (Å²) in [5.74, 6) is -0.0383. The number of carbonyl (C=O) groups excluding carboxylic acids is 1. The first kappa shape index (κ1) is 17.0. The van der Waals surface area contributed by atoms with Gasteiger partial charge in [-0.25, -0.2) is 0 Å². The van der Waals surface area contributed by atoms with Crippen molar-refractivity contribution in [2.45, 2.75) is 85.1 Å². The van der Waals surface area contributed by atoms with Crippen LogP contribution in [0.2, 0.25) is 0 Å². The van der Waals surface area contributed by atoms with E-state index in [-0.39, 0.29) is 17.4 Å². The summed E-state index contributed by atoms with van der Waals surface area (Å²) in [6, 6.07) is 2.54. The van der Waals surface area contributed by atoms with E-state index in [4.69, 9.17) is 0 Å². The number of hydrogen-bond donors (Lipinski definition) is 1. The highest BCUT2D eigenvalue weighted by molar-refractivity contribution is 5.85. The molecule has 3 nitrogen and oxygen atoms in total. The third-order valence-corrected chi connectivity index (χ3v) is 4.81. The molecule has 1 aliphatic carbocycles. The van der Waals surface area contributed by atoms with Crippen molar-refractivity contribution in [3.8, 4) is 6.07 Å². The molecule has 1 fully saturated rings. The molecule has 0 saturated heterocycles. The number of nitriles is 1. The van der Waals surface area contributed by atoms with Crippen LogP contribution in [0.1, 0.15) is 79.1 Å². The lowest BCUT2D eigenvalue weighted by atomic mass is 9.72. The van der Waals surface area contributed by atoms with Gasteiger partial charge in [0, 0.05) is 6.04 Å². The summed E-state index contributed by atoms with van der Waals surface area (Å²) >= 11 is 0. The molecule has 0 aromatic heterocycles. The van der Waals surface area contributed by atoms with Crippen LogP contribution in [0.15, 0.2) is 0 Å². The van der Waals surface area contributed by atoms with Gasteiger partial charge in [-0.1, -0.05) is 53.4 Å². The fraction of sp³-hybridized carbons (Fsp3) is 0.882. The van der Waals surface area contributed by atoms with Crippen LogP contribution in [-0.2, 0) is 4.79 Å². The maximum atomic E-state index is 12.7. The Balaban J connectivity index is 2.83. The van der Waals surface area contributed by atoms with Crippen molar-refractivity contribution < 1.29 is 4.79 Å². The zero-order chi connectivity index (χ0) is 15.2. The van der Waals surface area contributed by atoms with Crippen molar-refractivity contribution in [2.24, 2.45) is 10.8 Å². The molecular weight excluding hydrogens is 248 g/mol. The summed E-state index contributed by atoms with van der Waals surface area (Å²) in [6.07, 6.45) is 7.68. The Morgan fingerprint density at radius 2 is 1.90 bits per heavy atom. The van der Waals surface area contributed by atoms with Gasteiger partial charge in [0.2, 0.25) is 5.91 Å². The number of rotatable bonds is 6. The lowest BCUT2D eigenvalue weighted by Gasteiger charge is -2.40. The Morgan fingerprint density at radius 3 is 2.35 bits per heavy atom. The summed E-state index contributed by atoms with van der Waals surface area (Å²) in [7, 11) is 0. The molecule has 1 rings (SSSR count). The first-order valence-corrected chi connectivity index (χ1v) is 8.14. The van der Waals surface area contributed by atoms with Gasteiger partial charge in [-0.05, 0) is 31.1 Å². The molecule has 0 aromatic rings. The highest BCUT2D eigenvalue weighted by Crippen LogP contribution is 2.37. The van der Waals surface area contributed by atoms with Crippen molar-refractivity contribution in [3.63, 3.8) is 0 Å². The van der Waals surface area contributed by atoms with E-state index < -0.39 is 5.41 Å². The monoisotopic (exact) mass is 278 g/mol. The van der Waals surface area contributed by atoms with E-state index in [0.29, 0.717) is 12.8 Å². The van der Waals surface area contributed by atoms with Gasteiger partial charge in [0.25, 0.3) is 0 Å². The zero-order valence-electron chi connectivity index (χ0n) is 13.6. The van der Waals surface area contributed by atoms with E-state index >= 15 is 0 Å². The fourth-order valence-electron chi connectivity index (χ4n) is 3.43. The van der Waals surface area contributed by atoms with Crippen LogP contribution in [0, 0.1) is 22.2 Å². The van der Waals surface area contributed by atoms with E-state index in [2.05, 4.69) is 25.2 Å². The summed E-state index contributed by atoms with van der Waals surface area (Å²) < 4.78 is 0. The van der Waals surface area contributed by atoms with Gasteiger partial charge in [0.15, 0.2) is 0 Å². The molecule has 0 spiro atoms. The van der Waals surface area contributed by atoms with E-state index in [9.17, 15) is 10.1 Å². The van der Waals surface area contributed by atoms with E-state index in [1.807, 2.05) is 13.8 Å². The summed E-state index contributed by atoms with van der Waals surface area (Å²) in [6.45, 7) is 8.54. The lowest BCUT2D eigenvalue weighted by molar-refractivity contribution is -0.131. The first-order chi connectivity index (χ1) is 9.41. The Labute approximate surface area is 124 Å². The van der Waals surface area contributed by atoms with E-state index in [1.165, 1.54) is 12.8 Å². The van der Waals surface area contributed by atoms with Gasteiger partial charge in [-0.2, -0.15) is 5.26 Å². The largest absolute Gasteiger partial charge is 0.351 e. The smallest absolute Gasteiger partial charge is 0.240 e. The molecule has 1 unspecified atom stereocenters. The van der Waals surface area contributed by atoms with Gasteiger partial charge in [-0.15, -0.1) is 0 Å². The van der Waals surface area contributed by atoms with Crippen LogP contribution in [0.5, 0.6) is 0 Å². The van der Waals surface area contributed by atoms with Crippen LogP contribution >= 0.6 is 0 Å². The molecule has 1 N–H and O–H groups in total. The molecule has 0 heterocycles. The molecule has 20 heavy (non-hydrogen) atoms. The molecule has 1 saturated carbocycles. The quantitative estimate of drug-likeness (QED) is 0.792. The Hall–Kier alpha value is -1.04. The van der Waals surface area contributed by atoms with Gasteiger partial charge in [-0.3, -0.25) is 4.79 Å². The average Bonchev–Trinajstić information content (AvgIpc) is 2.40. The van der Waals surface area contributed by atoms with Crippen molar-refractivity contribution >= 4 is 5.91 Å². The molecule has 0 radical (unpaired) electrons. The predicted molar refractivity (Wildman–Crippen MR) is 82.0 cm³/mol. The Bertz CT molecular complexity index is 362. The van der Waals surface area contributed by atoms with Crippen molar-refractivity contribution in [1.29, 1.82) is 5.26 Å². The second kappa shape index (κ2) is 7.11. The maximum Gasteiger partial charge on any atom is 0.240 e.